The maximum atomic E-state index is 13.7. The van der Waals surface area contributed by atoms with Gasteiger partial charge in [0.05, 0.1) is 17.8 Å². The van der Waals surface area contributed by atoms with Crippen LogP contribution in [0.15, 0.2) is 59.7 Å². The zero-order valence-corrected chi connectivity index (χ0v) is 10.1. The number of hydrogen-bond donors (Lipinski definition) is 0. The van der Waals surface area contributed by atoms with Gasteiger partial charge in [-0.3, -0.25) is 4.79 Å². The molecule has 0 spiro atoms. The number of carbonyl (C=O) groups is 1. The molecule has 1 aliphatic heterocycles. The first-order valence-corrected chi connectivity index (χ1v) is 5.96. The van der Waals surface area contributed by atoms with Gasteiger partial charge in [-0.2, -0.15) is 5.10 Å². The van der Waals surface area contributed by atoms with Gasteiger partial charge in [-0.1, -0.05) is 36.4 Å². The molecule has 2 aromatic carbocycles. The molecule has 0 N–H and O–H groups in total. The lowest BCUT2D eigenvalue weighted by Gasteiger charge is -2.10. The van der Waals surface area contributed by atoms with Crippen LogP contribution in [0, 0.1) is 5.82 Å². The summed E-state index contributed by atoms with van der Waals surface area (Å²) in [4.78, 5) is 12.0. The second-order valence-corrected chi connectivity index (χ2v) is 4.24. The minimum absolute atomic E-state index is 0.121. The molecule has 3 rings (SSSR count). The largest absolute Gasteiger partial charge is 0.272 e. The van der Waals surface area contributed by atoms with E-state index in [2.05, 4.69) is 5.10 Å². The summed E-state index contributed by atoms with van der Waals surface area (Å²) in [6.07, 6.45) is 0.121. The van der Waals surface area contributed by atoms with E-state index < -0.39 is 0 Å². The number of anilines is 1. The van der Waals surface area contributed by atoms with E-state index in [9.17, 15) is 9.18 Å². The molecular weight excluding hydrogens is 243 g/mol. The summed E-state index contributed by atoms with van der Waals surface area (Å²) in [7, 11) is 0. The Morgan fingerprint density at radius 2 is 1.68 bits per heavy atom. The fraction of sp³-hybridized carbons (Fsp3) is 0.0667. The van der Waals surface area contributed by atoms with Crippen LogP contribution in [0.3, 0.4) is 0 Å². The van der Waals surface area contributed by atoms with Crippen LogP contribution in [0.25, 0.3) is 0 Å². The standard InChI is InChI=1S/C15H11FN2O/c16-13-9-5-4-8-12(13)14-10-15(19)18(17-14)11-6-2-1-3-7-11/h1-9H,10H2. The van der Waals surface area contributed by atoms with E-state index in [4.69, 9.17) is 0 Å². The van der Waals surface area contributed by atoms with Crippen molar-refractivity contribution in [3.8, 4) is 0 Å². The smallest absolute Gasteiger partial charge is 0.253 e. The molecule has 0 aliphatic carbocycles. The molecule has 4 heteroatoms. The molecule has 0 fully saturated rings. The van der Waals surface area contributed by atoms with Crippen LogP contribution in [0.5, 0.6) is 0 Å². The van der Waals surface area contributed by atoms with Crippen LogP contribution < -0.4 is 5.01 Å². The molecule has 0 saturated heterocycles. The van der Waals surface area contributed by atoms with Crippen molar-refractivity contribution < 1.29 is 9.18 Å². The van der Waals surface area contributed by atoms with Crippen molar-refractivity contribution in [3.05, 3.63) is 66.0 Å². The van der Waals surface area contributed by atoms with E-state index in [1.54, 1.807) is 30.3 Å². The number of amides is 1. The Bertz CT molecular complexity index is 652. The van der Waals surface area contributed by atoms with Crippen LogP contribution in [0.2, 0.25) is 0 Å². The lowest BCUT2D eigenvalue weighted by molar-refractivity contribution is -0.116. The lowest BCUT2D eigenvalue weighted by atomic mass is 10.1. The van der Waals surface area contributed by atoms with Gasteiger partial charge in [0.15, 0.2) is 0 Å². The minimum Gasteiger partial charge on any atom is -0.272 e. The molecule has 0 radical (unpaired) electrons. The van der Waals surface area contributed by atoms with Crippen LogP contribution in [-0.2, 0) is 4.79 Å². The molecule has 1 amide bonds. The van der Waals surface area contributed by atoms with Crippen molar-refractivity contribution in [2.45, 2.75) is 6.42 Å². The summed E-state index contributed by atoms with van der Waals surface area (Å²) in [6, 6.07) is 15.5. The first kappa shape index (κ1) is 11.6. The fourth-order valence-corrected chi connectivity index (χ4v) is 2.05. The van der Waals surface area contributed by atoms with E-state index in [-0.39, 0.29) is 18.1 Å². The number of hydrazone groups is 1. The van der Waals surface area contributed by atoms with Gasteiger partial charge in [0, 0.05) is 5.56 Å². The van der Waals surface area contributed by atoms with Crippen molar-refractivity contribution in [1.82, 2.24) is 0 Å². The zero-order valence-electron chi connectivity index (χ0n) is 10.1. The van der Waals surface area contributed by atoms with E-state index in [0.29, 0.717) is 17.0 Å². The molecule has 0 saturated carbocycles. The fourth-order valence-electron chi connectivity index (χ4n) is 2.05. The maximum Gasteiger partial charge on any atom is 0.253 e. The van der Waals surface area contributed by atoms with Gasteiger partial charge in [-0.15, -0.1) is 0 Å². The summed E-state index contributed by atoms with van der Waals surface area (Å²) in [6.45, 7) is 0. The van der Waals surface area contributed by atoms with Crippen LogP contribution in [0.4, 0.5) is 10.1 Å². The molecule has 2 aromatic rings. The quantitative estimate of drug-likeness (QED) is 0.811. The minimum atomic E-state index is -0.357. The van der Waals surface area contributed by atoms with Crippen molar-refractivity contribution in [2.24, 2.45) is 5.10 Å². The molecule has 0 atom stereocenters. The van der Waals surface area contributed by atoms with Gasteiger partial charge in [-0.05, 0) is 18.2 Å². The molecule has 0 bridgehead atoms. The predicted molar refractivity (Wildman–Crippen MR) is 71.5 cm³/mol. The highest BCUT2D eigenvalue weighted by atomic mass is 19.1. The molecule has 1 aliphatic rings. The SMILES string of the molecule is O=C1CC(c2ccccc2F)=NN1c1ccccc1. The van der Waals surface area contributed by atoms with Gasteiger partial charge in [0.2, 0.25) is 0 Å². The van der Waals surface area contributed by atoms with Crippen LogP contribution >= 0.6 is 0 Å². The third-order valence-corrected chi connectivity index (χ3v) is 2.96. The van der Waals surface area contributed by atoms with Gasteiger partial charge < -0.3 is 0 Å². The molecule has 19 heavy (non-hydrogen) atoms. The van der Waals surface area contributed by atoms with Gasteiger partial charge >= 0.3 is 0 Å². The summed E-state index contributed by atoms with van der Waals surface area (Å²) < 4.78 is 13.7. The third kappa shape index (κ3) is 2.12. The van der Waals surface area contributed by atoms with Crippen molar-refractivity contribution in [1.29, 1.82) is 0 Å². The number of carbonyl (C=O) groups excluding carboxylic acids is 1. The molecule has 94 valence electrons. The summed E-state index contributed by atoms with van der Waals surface area (Å²) in [5, 5.41) is 5.55. The summed E-state index contributed by atoms with van der Waals surface area (Å²) in [5.41, 5.74) is 1.54. The average molecular weight is 254 g/mol. The molecule has 1 heterocycles. The Morgan fingerprint density at radius 3 is 2.42 bits per heavy atom. The topological polar surface area (TPSA) is 32.7 Å². The van der Waals surface area contributed by atoms with Gasteiger partial charge in [-0.25, -0.2) is 9.40 Å². The second-order valence-electron chi connectivity index (χ2n) is 4.24. The lowest BCUT2D eigenvalue weighted by Crippen LogP contribution is -2.19. The molecule has 0 unspecified atom stereocenters. The number of nitrogens with zero attached hydrogens (tertiary/aromatic N) is 2. The number of halogens is 1. The highest BCUT2D eigenvalue weighted by Crippen LogP contribution is 2.23. The average Bonchev–Trinajstić information content (AvgIpc) is 2.82. The Hall–Kier alpha value is -2.49. The van der Waals surface area contributed by atoms with Gasteiger partial charge in [0.25, 0.3) is 5.91 Å². The van der Waals surface area contributed by atoms with E-state index in [1.165, 1.54) is 11.1 Å². The Kier molecular flexibility index (Phi) is 2.83. The number of rotatable bonds is 2. The zero-order chi connectivity index (χ0) is 13.2. The first-order chi connectivity index (χ1) is 9.25. The maximum absolute atomic E-state index is 13.7. The second kappa shape index (κ2) is 4.65. The first-order valence-electron chi connectivity index (χ1n) is 5.96. The third-order valence-electron chi connectivity index (χ3n) is 2.96. The monoisotopic (exact) mass is 254 g/mol. The summed E-state index contributed by atoms with van der Waals surface area (Å²) in [5.74, 6) is -0.506. The Labute approximate surface area is 110 Å². The summed E-state index contributed by atoms with van der Waals surface area (Å²) >= 11 is 0. The Morgan fingerprint density at radius 1 is 1.00 bits per heavy atom. The van der Waals surface area contributed by atoms with Crippen LogP contribution in [-0.4, -0.2) is 11.6 Å². The normalized spacial score (nSPS) is 14.7. The molecular formula is C15H11FN2O. The van der Waals surface area contributed by atoms with E-state index in [1.807, 2.05) is 18.2 Å². The Balaban J connectivity index is 1.99. The van der Waals surface area contributed by atoms with Gasteiger partial charge in [0.1, 0.15) is 5.82 Å². The molecule has 3 nitrogen and oxygen atoms in total. The highest BCUT2D eigenvalue weighted by molar-refractivity contribution is 6.19. The number of benzene rings is 2. The van der Waals surface area contributed by atoms with Crippen molar-refractivity contribution >= 4 is 17.3 Å². The van der Waals surface area contributed by atoms with E-state index in [0.717, 1.165) is 0 Å². The van der Waals surface area contributed by atoms with Crippen molar-refractivity contribution in [3.63, 3.8) is 0 Å². The number of para-hydroxylation sites is 1. The highest BCUT2D eigenvalue weighted by Gasteiger charge is 2.27. The van der Waals surface area contributed by atoms with Crippen molar-refractivity contribution in [2.75, 3.05) is 5.01 Å². The number of hydrogen-bond acceptors (Lipinski definition) is 2. The molecule has 0 aromatic heterocycles. The van der Waals surface area contributed by atoms with E-state index >= 15 is 0 Å². The predicted octanol–water partition coefficient (Wildman–Crippen LogP) is 2.97. The van der Waals surface area contributed by atoms with Crippen LogP contribution in [0.1, 0.15) is 12.0 Å².